The number of rotatable bonds is 7. The minimum absolute atomic E-state index is 0.160. The van der Waals surface area contributed by atoms with E-state index in [9.17, 15) is 9.59 Å². The molecule has 9 nitrogen and oxygen atoms in total. The third kappa shape index (κ3) is 6.14. The summed E-state index contributed by atoms with van der Waals surface area (Å²) in [5.41, 5.74) is 0.338. The molecule has 0 radical (unpaired) electrons. The van der Waals surface area contributed by atoms with E-state index in [0.717, 1.165) is 19.4 Å². The van der Waals surface area contributed by atoms with Gasteiger partial charge in [-0.3, -0.25) is 4.79 Å². The average Bonchev–Trinajstić information content (AvgIpc) is 2.62. The standard InChI is InChI=1S/C17H28N6O3/c1-4-26-17(25)23-10-6-13(7-11-23)20-16-19-8-5-14(21-16)15(24)18-9-12-22(2)3/h5,8,13H,4,6-7,9-12H2,1-3H3,(H,18,24)(H,19,20,21). The van der Waals surface area contributed by atoms with Crippen LogP contribution in [0.15, 0.2) is 12.3 Å². The third-order valence-electron chi connectivity index (χ3n) is 4.09. The Labute approximate surface area is 154 Å². The summed E-state index contributed by atoms with van der Waals surface area (Å²) in [5, 5.41) is 6.09. The van der Waals surface area contributed by atoms with Crippen LogP contribution in [0.5, 0.6) is 0 Å². The summed E-state index contributed by atoms with van der Waals surface area (Å²) in [5.74, 6) is 0.217. The lowest BCUT2D eigenvalue weighted by molar-refractivity contribution is 0.0943. The van der Waals surface area contributed by atoms with Crippen LogP contribution in [0.2, 0.25) is 0 Å². The highest BCUT2D eigenvalue weighted by atomic mass is 16.6. The van der Waals surface area contributed by atoms with Crippen molar-refractivity contribution >= 4 is 17.9 Å². The second kappa shape index (κ2) is 9.91. The Morgan fingerprint density at radius 2 is 2.08 bits per heavy atom. The number of anilines is 1. The van der Waals surface area contributed by atoms with Gasteiger partial charge in [-0.25, -0.2) is 14.8 Å². The number of nitrogens with zero attached hydrogens (tertiary/aromatic N) is 4. The van der Waals surface area contributed by atoms with Crippen molar-refractivity contribution in [3.63, 3.8) is 0 Å². The molecule has 0 aromatic carbocycles. The fraction of sp³-hybridized carbons (Fsp3) is 0.647. The molecule has 1 saturated heterocycles. The van der Waals surface area contributed by atoms with Crippen LogP contribution >= 0.6 is 0 Å². The number of likely N-dealkylation sites (N-methyl/N-ethyl adjacent to an activating group) is 1. The van der Waals surface area contributed by atoms with E-state index in [-0.39, 0.29) is 18.0 Å². The first-order valence-electron chi connectivity index (χ1n) is 8.93. The van der Waals surface area contributed by atoms with Crippen molar-refractivity contribution in [2.45, 2.75) is 25.8 Å². The van der Waals surface area contributed by atoms with Crippen molar-refractivity contribution < 1.29 is 14.3 Å². The van der Waals surface area contributed by atoms with E-state index in [0.29, 0.717) is 37.9 Å². The molecule has 26 heavy (non-hydrogen) atoms. The number of ether oxygens (including phenoxy) is 1. The number of amides is 2. The van der Waals surface area contributed by atoms with Gasteiger partial charge in [0.2, 0.25) is 5.95 Å². The quantitative estimate of drug-likeness (QED) is 0.738. The first kappa shape index (κ1) is 19.9. The van der Waals surface area contributed by atoms with E-state index in [4.69, 9.17) is 4.74 Å². The Kier molecular flexibility index (Phi) is 7.58. The second-order valence-corrected chi connectivity index (χ2v) is 6.43. The number of nitrogens with one attached hydrogen (secondary N) is 2. The Balaban J connectivity index is 1.83. The smallest absolute Gasteiger partial charge is 0.409 e. The summed E-state index contributed by atoms with van der Waals surface area (Å²) in [6.45, 7) is 4.76. The predicted octanol–water partition coefficient (Wildman–Crippen LogP) is 0.801. The van der Waals surface area contributed by atoms with Crippen LogP contribution in [-0.2, 0) is 4.74 Å². The Hall–Kier alpha value is -2.42. The van der Waals surface area contributed by atoms with Crippen LogP contribution in [0.1, 0.15) is 30.3 Å². The summed E-state index contributed by atoms with van der Waals surface area (Å²) in [7, 11) is 3.90. The van der Waals surface area contributed by atoms with Gasteiger partial charge in [-0.05, 0) is 39.9 Å². The molecule has 2 N–H and O–H groups in total. The second-order valence-electron chi connectivity index (χ2n) is 6.43. The Morgan fingerprint density at radius 1 is 1.35 bits per heavy atom. The minimum Gasteiger partial charge on any atom is -0.450 e. The molecule has 0 unspecified atom stereocenters. The number of aromatic nitrogens is 2. The molecule has 1 fully saturated rings. The van der Waals surface area contributed by atoms with Crippen LogP contribution in [-0.4, -0.2) is 84.7 Å². The topological polar surface area (TPSA) is 99.7 Å². The zero-order valence-electron chi connectivity index (χ0n) is 15.7. The van der Waals surface area contributed by atoms with Gasteiger partial charge in [0.15, 0.2) is 0 Å². The van der Waals surface area contributed by atoms with Crippen molar-refractivity contribution in [1.29, 1.82) is 0 Å². The van der Waals surface area contributed by atoms with Crippen molar-refractivity contribution in [1.82, 2.24) is 25.1 Å². The maximum absolute atomic E-state index is 12.1. The number of hydrogen-bond acceptors (Lipinski definition) is 7. The van der Waals surface area contributed by atoms with E-state index in [1.165, 1.54) is 0 Å². The maximum atomic E-state index is 12.1. The summed E-state index contributed by atoms with van der Waals surface area (Å²) in [6, 6.07) is 1.76. The molecule has 144 valence electrons. The molecule has 9 heteroatoms. The third-order valence-corrected chi connectivity index (χ3v) is 4.09. The Bertz CT molecular complexity index is 602. The summed E-state index contributed by atoms with van der Waals surface area (Å²) in [6.07, 6.45) is 2.87. The molecule has 1 aromatic heterocycles. The molecule has 2 heterocycles. The SMILES string of the molecule is CCOC(=O)N1CCC(Nc2nccc(C(=O)NCCN(C)C)n2)CC1. The lowest BCUT2D eigenvalue weighted by atomic mass is 10.1. The molecule has 1 aliphatic heterocycles. The van der Waals surface area contributed by atoms with E-state index >= 15 is 0 Å². The van der Waals surface area contributed by atoms with Gasteiger partial charge in [-0.2, -0.15) is 0 Å². The zero-order chi connectivity index (χ0) is 18.9. The van der Waals surface area contributed by atoms with Crippen molar-refractivity contribution in [3.8, 4) is 0 Å². The largest absolute Gasteiger partial charge is 0.450 e. The normalized spacial score (nSPS) is 15.0. The monoisotopic (exact) mass is 364 g/mol. The number of hydrogen-bond donors (Lipinski definition) is 2. The van der Waals surface area contributed by atoms with Gasteiger partial charge in [0, 0.05) is 38.4 Å². The van der Waals surface area contributed by atoms with Crippen LogP contribution in [0, 0.1) is 0 Å². The highest BCUT2D eigenvalue weighted by Crippen LogP contribution is 2.15. The highest BCUT2D eigenvalue weighted by Gasteiger charge is 2.24. The van der Waals surface area contributed by atoms with Crippen molar-refractivity contribution in [2.75, 3.05) is 52.2 Å². The van der Waals surface area contributed by atoms with E-state index in [2.05, 4.69) is 20.6 Å². The molecule has 0 aliphatic carbocycles. The number of piperidine rings is 1. The molecule has 2 rings (SSSR count). The van der Waals surface area contributed by atoms with Gasteiger partial charge in [-0.1, -0.05) is 0 Å². The van der Waals surface area contributed by atoms with Crippen molar-refractivity contribution in [2.24, 2.45) is 0 Å². The molecule has 1 aromatic rings. The van der Waals surface area contributed by atoms with Gasteiger partial charge in [0.25, 0.3) is 5.91 Å². The average molecular weight is 364 g/mol. The van der Waals surface area contributed by atoms with Gasteiger partial charge < -0.3 is 25.2 Å². The van der Waals surface area contributed by atoms with Gasteiger partial charge in [0.1, 0.15) is 5.69 Å². The molecule has 1 aliphatic rings. The zero-order valence-corrected chi connectivity index (χ0v) is 15.7. The Morgan fingerprint density at radius 3 is 2.73 bits per heavy atom. The lowest BCUT2D eigenvalue weighted by Gasteiger charge is -2.31. The summed E-state index contributed by atoms with van der Waals surface area (Å²) < 4.78 is 5.02. The van der Waals surface area contributed by atoms with E-state index < -0.39 is 0 Å². The summed E-state index contributed by atoms with van der Waals surface area (Å²) in [4.78, 5) is 36.1. The fourth-order valence-electron chi connectivity index (χ4n) is 2.64. The lowest BCUT2D eigenvalue weighted by Crippen LogP contribution is -2.42. The first-order chi connectivity index (χ1) is 12.5. The minimum atomic E-state index is -0.265. The fourth-order valence-corrected chi connectivity index (χ4v) is 2.64. The van der Waals surface area contributed by atoms with E-state index in [1.54, 1.807) is 24.1 Å². The molecule has 2 amide bonds. The van der Waals surface area contributed by atoms with Gasteiger partial charge >= 0.3 is 6.09 Å². The van der Waals surface area contributed by atoms with E-state index in [1.807, 2.05) is 19.0 Å². The number of carbonyl (C=O) groups is 2. The molecular weight excluding hydrogens is 336 g/mol. The summed E-state index contributed by atoms with van der Waals surface area (Å²) >= 11 is 0. The number of likely N-dealkylation sites (tertiary alicyclic amines) is 1. The van der Waals surface area contributed by atoms with Crippen LogP contribution < -0.4 is 10.6 Å². The first-order valence-corrected chi connectivity index (χ1v) is 8.93. The van der Waals surface area contributed by atoms with Crippen LogP contribution in [0.25, 0.3) is 0 Å². The molecular formula is C17H28N6O3. The van der Waals surface area contributed by atoms with Crippen LogP contribution in [0.4, 0.5) is 10.7 Å². The van der Waals surface area contributed by atoms with Gasteiger partial charge in [0.05, 0.1) is 6.61 Å². The van der Waals surface area contributed by atoms with Gasteiger partial charge in [-0.15, -0.1) is 0 Å². The maximum Gasteiger partial charge on any atom is 0.409 e. The predicted molar refractivity (Wildman–Crippen MR) is 98.2 cm³/mol. The molecule has 0 spiro atoms. The number of carbonyl (C=O) groups excluding carboxylic acids is 2. The molecule has 0 atom stereocenters. The highest BCUT2D eigenvalue weighted by molar-refractivity contribution is 5.92. The van der Waals surface area contributed by atoms with Crippen molar-refractivity contribution in [3.05, 3.63) is 18.0 Å². The molecule has 0 saturated carbocycles. The molecule has 0 bridgehead atoms. The van der Waals surface area contributed by atoms with Crippen LogP contribution in [0.3, 0.4) is 0 Å².